The SMILES string of the molecule is COc1cccc(-c2ncccn2)c1OC. The van der Waals surface area contributed by atoms with E-state index in [1.165, 1.54) is 0 Å². The molecular weight excluding hydrogens is 204 g/mol. The van der Waals surface area contributed by atoms with Crippen LogP contribution in [0.4, 0.5) is 0 Å². The van der Waals surface area contributed by atoms with E-state index in [4.69, 9.17) is 9.47 Å². The van der Waals surface area contributed by atoms with Crippen LogP contribution in [0.2, 0.25) is 0 Å². The van der Waals surface area contributed by atoms with Crippen molar-refractivity contribution in [1.29, 1.82) is 0 Å². The second-order valence-electron chi connectivity index (χ2n) is 3.11. The predicted molar refractivity (Wildman–Crippen MR) is 60.6 cm³/mol. The lowest BCUT2D eigenvalue weighted by molar-refractivity contribution is 0.356. The Morgan fingerprint density at radius 3 is 2.31 bits per heavy atom. The fraction of sp³-hybridized carbons (Fsp3) is 0.167. The molecule has 4 heteroatoms. The molecule has 1 aromatic heterocycles. The molecule has 0 spiro atoms. The maximum Gasteiger partial charge on any atom is 0.171 e. The maximum atomic E-state index is 5.32. The third-order valence-electron chi connectivity index (χ3n) is 2.21. The number of methoxy groups -OCH3 is 2. The highest BCUT2D eigenvalue weighted by Gasteiger charge is 2.12. The maximum absolute atomic E-state index is 5.32. The van der Waals surface area contributed by atoms with Crippen molar-refractivity contribution in [1.82, 2.24) is 9.97 Å². The standard InChI is InChI=1S/C12H12N2O2/c1-15-10-6-3-5-9(11(10)16-2)12-13-7-4-8-14-12/h3-8H,1-2H3. The molecule has 0 aliphatic rings. The first kappa shape index (κ1) is 10.4. The first-order valence-electron chi connectivity index (χ1n) is 4.85. The zero-order chi connectivity index (χ0) is 11.4. The molecule has 0 saturated heterocycles. The van der Waals surface area contributed by atoms with E-state index in [0.717, 1.165) is 5.56 Å². The van der Waals surface area contributed by atoms with E-state index in [1.54, 1.807) is 32.7 Å². The van der Waals surface area contributed by atoms with Gasteiger partial charge in [0.05, 0.1) is 19.8 Å². The monoisotopic (exact) mass is 216 g/mol. The van der Waals surface area contributed by atoms with Gasteiger partial charge in [-0.15, -0.1) is 0 Å². The summed E-state index contributed by atoms with van der Waals surface area (Å²) < 4.78 is 10.5. The summed E-state index contributed by atoms with van der Waals surface area (Å²) >= 11 is 0. The summed E-state index contributed by atoms with van der Waals surface area (Å²) in [6.07, 6.45) is 3.39. The van der Waals surface area contributed by atoms with E-state index in [9.17, 15) is 0 Å². The molecule has 4 nitrogen and oxygen atoms in total. The van der Waals surface area contributed by atoms with E-state index < -0.39 is 0 Å². The molecule has 2 rings (SSSR count). The highest BCUT2D eigenvalue weighted by atomic mass is 16.5. The third kappa shape index (κ3) is 1.82. The number of para-hydroxylation sites is 1. The molecule has 0 N–H and O–H groups in total. The van der Waals surface area contributed by atoms with Gasteiger partial charge in [0.25, 0.3) is 0 Å². The highest BCUT2D eigenvalue weighted by molar-refractivity contribution is 5.68. The Morgan fingerprint density at radius 2 is 1.69 bits per heavy atom. The molecule has 0 aliphatic carbocycles. The first-order valence-corrected chi connectivity index (χ1v) is 4.85. The van der Waals surface area contributed by atoms with E-state index >= 15 is 0 Å². The molecule has 1 heterocycles. The van der Waals surface area contributed by atoms with Crippen molar-refractivity contribution >= 4 is 0 Å². The number of hydrogen-bond donors (Lipinski definition) is 0. The van der Waals surface area contributed by atoms with Crippen LogP contribution in [0.15, 0.2) is 36.7 Å². The Kier molecular flexibility index (Phi) is 3.00. The van der Waals surface area contributed by atoms with Gasteiger partial charge in [-0.25, -0.2) is 9.97 Å². The summed E-state index contributed by atoms with van der Waals surface area (Å²) in [7, 11) is 3.21. The van der Waals surface area contributed by atoms with Crippen molar-refractivity contribution in [3.63, 3.8) is 0 Å². The summed E-state index contributed by atoms with van der Waals surface area (Å²) in [4.78, 5) is 8.37. The second-order valence-corrected chi connectivity index (χ2v) is 3.11. The Bertz CT molecular complexity index is 472. The van der Waals surface area contributed by atoms with Crippen molar-refractivity contribution in [2.75, 3.05) is 14.2 Å². The molecule has 0 bridgehead atoms. The minimum absolute atomic E-state index is 0.623. The van der Waals surface area contributed by atoms with Crippen molar-refractivity contribution in [2.45, 2.75) is 0 Å². The van der Waals surface area contributed by atoms with Crippen LogP contribution in [0, 0.1) is 0 Å². The summed E-state index contributed by atoms with van der Waals surface area (Å²) in [5.41, 5.74) is 0.822. The van der Waals surface area contributed by atoms with Gasteiger partial charge in [-0.05, 0) is 18.2 Å². The Balaban J connectivity index is 2.57. The van der Waals surface area contributed by atoms with Gasteiger partial charge < -0.3 is 9.47 Å². The van der Waals surface area contributed by atoms with Crippen LogP contribution < -0.4 is 9.47 Å². The molecule has 0 atom stereocenters. The Morgan fingerprint density at radius 1 is 0.938 bits per heavy atom. The summed E-state index contributed by atoms with van der Waals surface area (Å²) in [5.74, 6) is 1.95. The molecule has 1 aromatic carbocycles. The molecular formula is C12H12N2O2. The molecule has 16 heavy (non-hydrogen) atoms. The summed E-state index contributed by atoms with van der Waals surface area (Å²) in [5, 5.41) is 0. The number of aromatic nitrogens is 2. The van der Waals surface area contributed by atoms with Gasteiger partial charge in [0.15, 0.2) is 17.3 Å². The zero-order valence-corrected chi connectivity index (χ0v) is 9.18. The minimum Gasteiger partial charge on any atom is -0.493 e. The zero-order valence-electron chi connectivity index (χ0n) is 9.18. The normalized spacial score (nSPS) is 9.88. The van der Waals surface area contributed by atoms with Crippen LogP contribution in [0.3, 0.4) is 0 Å². The van der Waals surface area contributed by atoms with E-state index in [0.29, 0.717) is 17.3 Å². The van der Waals surface area contributed by atoms with Gasteiger partial charge in [0, 0.05) is 12.4 Å². The van der Waals surface area contributed by atoms with Gasteiger partial charge in [0.1, 0.15) is 0 Å². The van der Waals surface area contributed by atoms with Crippen molar-refractivity contribution in [2.24, 2.45) is 0 Å². The van der Waals surface area contributed by atoms with Crippen molar-refractivity contribution < 1.29 is 9.47 Å². The molecule has 0 fully saturated rings. The van der Waals surface area contributed by atoms with Crippen molar-refractivity contribution in [3.05, 3.63) is 36.7 Å². The van der Waals surface area contributed by atoms with E-state index in [2.05, 4.69) is 9.97 Å². The average Bonchev–Trinajstić information content (AvgIpc) is 2.38. The van der Waals surface area contributed by atoms with Crippen molar-refractivity contribution in [3.8, 4) is 22.9 Å². The van der Waals surface area contributed by atoms with Gasteiger partial charge in [-0.1, -0.05) is 6.07 Å². The first-order chi connectivity index (χ1) is 7.86. The summed E-state index contributed by atoms with van der Waals surface area (Å²) in [6, 6.07) is 7.39. The fourth-order valence-corrected chi connectivity index (χ4v) is 1.50. The molecule has 0 unspecified atom stereocenters. The molecule has 0 aliphatic heterocycles. The van der Waals surface area contributed by atoms with Crippen LogP contribution in [0.1, 0.15) is 0 Å². The van der Waals surface area contributed by atoms with E-state index in [-0.39, 0.29) is 0 Å². The molecule has 2 aromatic rings. The van der Waals surface area contributed by atoms with Crippen LogP contribution >= 0.6 is 0 Å². The molecule has 82 valence electrons. The van der Waals surface area contributed by atoms with Crippen LogP contribution in [0.25, 0.3) is 11.4 Å². The van der Waals surface area contributed by atoms with Crippen LogP contribution in [-0.2, 0) is 0 Å². The number of ether oxygens (including phenoxy) is 2. The van der Waals surface area contributed by atoms with Crippen LogP contribution in [0.5, 0.6) is 11.5 Å². The topological polar surface area (TPSA) is 44.2 Å². The average molecular weight is 216 g/mol. The van der Waals surface area contributed by atoms with Gasteiger partial charge >= 0.3 is 0 Å². The number of hydrogen-bond acceptors (Lipinski definition) is 4. The highest BCUT2D eigenvalue weighted by Crippen LogP contribution is 2.35. The molecule has 0 radical (unpaired) electrons. The fourth-order valence-electron chi connectivity index (χ4n) is 1.50. The molecule has 0 saturated carbocycles. The third-order valence-corrected chi connectivity index (χ3v) is 2.21. The number of benzene rings is 1. The van der Waals surface area contributed by atoms with Gasteiger partial charge in [0.2, 0.25) is 0 Å². The predicted octanol–water partition coefficient (Wildman–Crippen LogP) is 2.16. The lowest BCUT2D eigenvalue weighted by atomic mass is 10.1. The number of rotatable bonds is 3. The van der Waals surface area contributed by atoms with Crippen LogP contribution in [-0.4, -0.2) is 24.2 Å². The number of nitrogens with zero attached hydrogens (tertiary/aromatic N) is 2. The smallest absolute Gasteiger partial charge is 0.171 e. The Labute approximate surface area is 93.9 Å². The Hall–Kier alpha value is -2.10. The van der Waals surface area contributed by atoms with Gasteiger partial charge in [-0.2, -0.15) is 0 Å². The second kappa shape index (κ2) is 4.61. The minimum atomic E-state index is 0.623. The quantitative estimate of drug-likeness (QED) is 0.788. The molecule has 0 amide bonds. The van der Waals surface area contributed by atoms with Gasteiger partial charge in [-0.3, -0.25) is 0 Å². The lowest BCUT2D eigenvalue weighted by Gasteiger charge is -2.11. The van der Waals surface area contributed by atoms with E-state index in [1.807, 2.05) is 18.2 Å². The lowest BCUT2D eigenvalue weighted by Crippen LogP contribution is -1.95. The summed E-state index contributed by atoms with van der Waals surface area (Å²) in [6.45, 7) is 0. The largest absolute Gasteiger partial charge is 0.493 e.